The van der Waals surface area contributed by atoms with Gasteiger partial charge >= 0.3 is 24.2 Å². The smallest absolute Gasteiger partial charge is 0.405 e. The molecule has 7 heterocycles. The average molecular weight is 2050 g/mol. The Labute approximate surface area is 850 Å². The van der Waals surface area contributed by atoms with E-state index in [2.05, 4.69) is 75.5 Å². The van der Waals surface area contributed by atoms with Crippen LogP contribution >= 0.6 is 23.5 Å². The summed E-state index contributed by atoms with van der Waals surface area (Å²) < 4.78 is 76.3. The van der Waals surface area contributed by atoms with Crippen molar-refractivity contribution < 1.29 is 134 Å². The zero-order chi connectivity index (χ0) is 106. The van der Waals surface area contributed by atoms with Gasteiger partial charge in [-0.25, -0.2) is 19.2 Å². The van der Waals surface area contributed by atoms with Crippen LogP contribution in [0.25, 0.3) is 0 Å². The molecule has 5 saturated heterocycles. The Kier molecular flexibility index (Phi) is 53.7. The highest BCUT2D eigenvalue weighted by Gasteiger charge is 2.62. The van der Waals surface area contributed by atoms with E-state index in [4.69, 9.17) is 83.5 Å². The van der Waals surface area contributed by atoms with Crippen LogP contribution in [0.4, 0.5) is 19.2 Å². The number of primary amides is 2. The van der Waals surface area contributed by atoms with Crippen molar-refractivity contribution in [1.82, 2.24) is 47.9 Å². The number of hydrogen-bond acceptors (Lipinski definition) is 32. The lowest BCUT2D eigenvalue weighted by Gasteiger charge is -2.35. The fourth-order valence-corrected chi connectivity index (χ4v) is 21.6. The minimum Gasteiger partial charge on any atom is -0.492 e. The van der Waals surface area contributed by atoms with Gasteiger partial charge in [0.25, 0.3) is 11.8 Å². The van der Waals surface area contributed by atoms with Crippen LogP contribution in [0.15, 0.2) is 117 Å². The second-order valence-electron chi connectivity index (χ2n) is 37.7. The van der Waals surface area contributed by atoms with E-state index in [9.17, 15) is 67.7 Å². The Morgan fingerprint density at radius 2 is 0.888 bits per heavy atom. The fraction of sp³-hybridized carbons (Fsp3) is 0.683. The molecule has 7 aliphatic heterocycles. The molecule has 10 amide bonds. The molecule has 5 fully saturated rings. The number of amides is 10. The van der Waals surface area contributed by atoms with Crippen molar-refractivity contribution in [2.24, 2.45) is 40.9 Å². The number of carbonyl (C=O) groups is 12. The highest BCUT2D eigenvalue weighted by Crippen LogP contribution is 2.49. The van der Waals surface area contributed by atoms with Gasteiger partial charge in [-0.2, -0.15) is 23.5 Å². The fourth-order valence-electron chi connectivity index (χ4n) is 17.8. The molecule has 9 rings (SSSR count). The lowest BCUT2D eigenvalue weighted by molar-refractivity contribution is -0.122. The summed E-state index contributed by atoms with van der Waals surface area (Å²) in [5.41, 5.74) is 16.8. The van der Waals surface area contributed by atoms with E-state index in [1.807, 2.05) is 37.4 Å². The summed E-state index contributed by atoms with van der Waals surface area (Å²) in [6.45, 7) is 30.8. The van der Waals surface area contributed by atoms with Crippen molar-refractivity contribution in [2.45, 2.75) is 254 Å². The standard InChI is InChI=1S/C48H74N6O13S.C29H40N2O9.C20H38N4O5S.C4H8O/c1-29-24-33-40(51-17-19-65-21-23-66-22-20-64-18-16-50-39(56)15-10-9-14-38-48(6)47(5,28-68-38)53-46(61)54-48)35(55)27-34(42(33)58)52-44(59)30(2)12-11-13-36(62-7)43(67-45(49)60)32(4)26-31(3)41(57)37(25-29)63-8;1-15-11-19-25(34)20(14-21(32)27(19)39-7)31-28(35)16(2)9-8-10-22(37-5)26(40-29(30)36)18(4)13-17(3)24(33)23(12-15)38-6;1-19-15-30-16(20(19,2)24-18(26)23-19)5-3-4-6-17(25)22-8-10-28-12-14-29-13-11-27-9-7-21;1-2-4-5-3-1/h11-13,26-27,29,31,36-38,41,43,51,57H,9-10,14-25,28H2,1-8H3,(H2,49,60)(H,50,56)(H,52,59)(H2,53,54,61);8-10,13-15,17,22-24,26,33H,11-12H2,1-7H3,(H2,30,36)(H,31,35);16H,3-15,21H2,1-2H3,(H,22,25)(H2,23,24,26);1-4H2/b13-11-,30-12+,32-26+;10-8-,16-9+,18-13+;;/t29-,31+,36+,37+,38?,41-,43+,47?,48?;15-,17+,22+,23+,24-,26+;;/m11../s1. The second kappa shape index (κ2) is 62.7. The molecule has 143 heavy (non-hydrogen) atoms. The van der Waals surface area contributed by atoms with Crippen molar-refractivity contribution in [2.75, 3.05) is 166 Å². The van der Waals surface area contributed by atoms with Gasteiger partial charge in [-0.1, -0.05) is 89.1 Å². The third-order valence-corrected chi connectivity index (χ3v) is 30.2. The van der Waals surface area contributed by atoms with Crippen molar-refractivity contribution in [3.63, 3.8) is 0 Å². The summed E-state index contributed by atoms with van der Waals surface area (Å²) in [7, 11) is 7.12. The monoisotopic (exact) mass is 2050 g/mol. The Bertz CT molecular complexity index is 4550. The largest absolute Gasteiger partial charge is 0.492 e. The third kappa shape index (κ3) is 38.5. The molecule has 17 N–H and O–H groups in total. The number of aliphatic hydroxyl groups excluding tert-OH is 2. The van der Waals surface area contributed by atoms with Gasteiger partial charge < -0.3 is 142 Å². The van der Waals surface area contributed by atoms with E-state index >= 15 is 0 Å². The molecule has 6 unspecified atom stereocenters. The number of thioether (sulfide) groups is 2. The predicted octanol–water partition coefficient (Wildman–Crippen LogP) is 6.85. The van der Waals surface area contributed by atoms with Gasteiger partial charge in [0.1, 0.15) is 12.2 Å². The van der Waals surface area contributed by atoms with Gasteiger partial charge in [0, 0.05) is 149 Å². The van der Waals surface area contributed by atoms with E-state index in [1.165, 1.54) is 74.4 Å². The molecule has 804 valence electrons. The van der Waals surface area contributed by atoms with Crippen molar-refractivity contribution >= 4 is 94.5 Å². The Hall–Kier alpha value is -9.22. The van der Waals surface area contributed by atoms with Gasteiger partial charge in [-0.3, -0.25) is 38.4 Å². The van der Waals surface area contributed by atoms with Crippen LogP contribution < -0.4 is 65.1 Å². The van der Waals surface area contributed by atoms with Crippen LogP contribution in [-0.4, -0.2) is 328 Å². The van der Waals surface area contributed by atoms with Gasteiger partial charge in [0.15, 0.2) is 18.0 Å². The first-order valence-corrected chi connectivity index (χ1v) is 51.3. The number of ketones is 4. The molecule has 4 bridgehead atoms. The minimum absolute atomic E-state index is 0.0186. The van der Waals surface area contributed by atoms with Crippen LogP contribution in [-0.2, 0) is 105 Å². The number of nitrogens with one attached hydrogen (secondary N) is 9. The topological polar surface area (TPSA) is 561 Å². The second-order valence-corrected chi connectivity index (χ2v) is 40.1. The number of Topliss-reactive ketones (excluding diaryl/α,β-unsaturated/α-hetero) is 2. The molecular weight excluding hydrogens is 1890 g/mol. The van der Waals surface area contributed by atoms with Crippen LogP contribution in [0.2, 0.25) is 0 Å². The number of methoxy groups -OCH3 is 5. The van der Waals surface area contributed by atoms with Gasteiger partial charge in [-0.15, -0.1) is 0 Å². The zero-order valence-electron chi connectivity index (χ0n) is 86.5. The van der Waals surface area contributed by atoms with E-state index < -0.39 is 108 Å². The SMILES string of the molecule is C1CCOC1.CC12CSC(CCCCC(=O)NCCOCCOCCOCCN)C1(C)NC(=O)N2.COC1=C2C[C@@H](C)C[C@H](OC)[C@H](O)[C@@H](C)/C=C(\C)[C@H](OC(N)=O)[C@@H](OC)/C=C\C=C(/C)C(=O)NC(=CC1=O)C2=O.CO[C@H]1/C=C\C=C(/C)C(=O)NC2=CC(=O)C(NCCOCCOCCOCCNC(=O)CCCCC3SCC4(C)NC(=O)NC34C)=C(C[C@@H](C)C[C@H](OC)[C@H](O)[C@@H](C)/C=C(\C)[C@@H]1OC(N)=O)C2=O. The predicted molar refractivity (Wildman–Crippen MR) is 541 cm³/mol. The lowest BCUT2D eigenvalue weighted by atomic mass is 9.79. The normalized spacial score (nSPS) is 30.7. The number of rotatable bonds is 41. The minimum atomic E-state index is -1.02. The van der Waals surface area contributed by atoms with E-state index in [0.29, 0.717) is 133 Å². The molecule has 2 aliphatic carbocycles. The van der Waals surface area contributed by atoms with Crippen molar-refractivity contribution in [1.29, 1.82) is 0 Å². The maximum atomic E-state index is 14.0. The summed E-state index contributed by atoms with van der Waals surface area (Å²) in [4.78, 5) is 151. The number of nitrogens with two attached hydrogens (primary N) is 3. The Balaban J connectivity index is 0.000000350. The number of carbonyl (C=O) groups excluding carboxylic acids is 12. The number of aliphatic hydroxyl groups is 2. The summed E-state index contributed by atoms with van der Waals surface area (Å²) in [5, 5.41) is 49.6. The van der Waals surface area contributed by atoms with E-state index in [0.717, 1.165) is 75.4 Å². The first kappa shape index (κ1) is 122. The molecular formula is C101H160N12O28S2. The molecule has 42 heteroatoms. The quantitative estimate of drug-likeness (QED) is 0.0129. The highest BCUT2D eigenvalue weighted by molar-refractivity contribution is 8.00. The van der Waals surface area contributed by atoms with E-state index in [1.54, 1.807) is 64.2 Å². The molecule has 40 nitrogen and oxygen atoms in total. The van der Waals surface area contributed by atoms with Crippen molar-refractivity contribution in [3.8, 4) is 0 Å². The Morgan fingerprint density at radius 3 is 1.27 bits per heavy atom. The first-order valence-electron chi connectivity index (χ1n) is 49.2. The number of urea groups is 2. The first-order chi connectivity index (χ1) is 68.1. The molecule has 0 aromatic heterocycles. The van der Waals surface area contributed by atoms with Gasteiger partial charge in [0.2, 0.25) is 34.9 Å². The summed E-state index contributed by atoms with van der Waals surface area (Å²) >= 11 is 3.78. The zero-order valence-corrected chi connectivity index (χ0v) is 88.1. The number of hydrogen-bond donors (Lipinski definition) is 14. The molecule has 18 atom stereocenters. The molecule has 0 spiro atoms. The van der Waals surface area contributed by atoms with Gasteiger partial charge in [-0.05, 0) is 143 Å². The van der Waals surface area contributed by atoms with Crippen molar-refractivity contribution in [3.05, 3.63) is 117 Å². The third-order valence-electron chi connectivity index (χ3n) is 26.5. The molecule has 0 saturated carbocycles. The Morgan fingerprint density at radius 1 is 0.503 bits per heavy atom. The van der Waals surface area contributed by atoms with Crippen LogP contribution in [0.5, 0.6) is 0 Å². The summed E-state index contributed by atoms with van der Waals surface area (Å²) in [6.07, 6.45) is 16.0. The molecule has 0 aromatic rings. The maximum absolute atomic E-state index is 14.0. The molecule has 0 aromatic carbocycles. The summed E-state index contributed by atoms with van der Waals surface area (Å²) in [5.74, 6) is -2.95. The van der Waals surface area contributed by atoms with Crippen LogP contribution in [0.1, 0.15) is 173 Å². The average Bonchev–Trinajstić information content (AvgIpc) is 1.58. The number of allylic oxidation sites excluding steroid dienone is 8. The van der Waals surface area contributed by atoms with Crippen LogP contribution in [0.3, 0.4) is 0 Å². The number of unbranched alkanes of at least 4 members (excludes halogenated alkanes) is 2. The maximum Gasteiger partial charge on any atom is 0.405 e. The highest BCUT2D eigenvalue weighted by atomic mass is 32.2. The summed E-state index contributed by atoms with van der Waals surface area (Å²) in [6, 6.07) is -0.186. The molecule has 9 aliphatic rings. The van der Waals surface area contributed by atoms with E-state index in [-0.39, 0.29) is 136 Å². The lowest BCUT2D eigenvalue weighted by Crippen LogP contribution is -2.58. The molecule has 0 radical (unpaired) electrons. The van der Waals surface area contributed by atoms with Crippen LogP contribution in [0, 0.1) is 23.7 Å². The van der Waals surface area contributed by atoms with Gasteiger partial charge in [0.05, 0.1) is 150 Å². The number of ether oxygens (including phenoxy) is 14. The number of fused-ring (bicyclic) bond motifs is 6.